The molecule has 1 aromatic carbocycles. The van der Waals surface area contributed by atoms with E-state index in [1.807, 2.05) is 13.8 Å². The zero-order valence-corrected chi connectivity index (χ0v) is 17.3. The zero-order valence-electron chi connectivity index (χ0n) is 16.5. The van der Waals surface area contributed by atoms with Crippen LogP contribution in [-0.4, -0.2) is 39.2 Å². The van der Waals surface area contributed by atoms with Gasteiger partial charge in [0.25, 0.3) is 11.6 Å². The number of carbonyl (C=O) groups excluding carboxylic acids is 2. The summed E-state index contributed by atoms with van der Waals surface area (Å²) in [6.07, 6.45) is 4.75. The summed E-state index contributed by atoms with van der Waals surface area (Å²) in [6, 6.07) is 5.61. The summed E-state index contributed by atoms with van der Waals surface area (Å²) in [6.45, 7) is 3.70. The maximum atomic E-state index is 13.2. The number of carbonyl (C=O) groups is 2. The minimum absolute atomic E-state index is 0.0546. The number of nitrogens with zero attached hydrogens (tertiary/aromatic N) is 3. The molecule has 1 heterocycles. The number of nitro benzene ring substituents is 1. The van der Waals surface area contributed by atoms with Crippen molar-refractivity contribution in [3.05, 3.63) is 50.5 Å². The third-order valence-corrected chi connectivity index (χ3v) is 6.16. The van der Waals surface area contributed by atoms with Gasteiger partial charge in [0.15, 0.2) is 5.13 Å². The van der Waals surface area contributed by atoms with Gasteiger partial charge < -0.3 is 10.2 Å². The van der Waals surface area contributed by atoms with Crippen LogP contribution in [0.2, 0.25) is 0 Å². The molecule has 9 heteroatoms. The van der Waals surface area contributed by atoms with Crippen molar-refractivity contribution in [2.75, 3.05) is 11.9 Å². The lowest BCUT2D eigenvalue weighted by atomic mass is 9.93. The minimum Gasteiger partial charge on any atom is -0.326 e. The van der Waals surface area contributed by atoms with E-state index in [1.165, 1.54) is 29.5 Å². The minimum atomic E-state index is -0.526. The molecule has 0 radical (unpaired) electrons. The fraction of sp³-hybridized carbons (Fsp3) is 0.450. The zero-order chi connectivity index (χ0) is 21.0. The summed E-state index contributed by atoms with van der Waals surface area (Å²) >= 11 is 1.39. The number of nitrogens with one attached hydrogen (secondary N) is 1. The normalized spacial score (nSPS) is 14.4. The van der Waals surface area contributed by atoms with Crippen molar-refractivity contribution in [3.63, 3.8) is 0 Å². The first-order chi connectivity index (χ1) is 13.8. The van der Waals surface area contributed by atoms with Gasteiger partial charge in [0, 0.05) is 28.6 Å². The third-order valence-electron chi connectivity index (χ3n) is 5.17. The van der Waals surface area contributed by atoms with Crippen molar-refractivity contribution in [2.24, 2.45) is 0 Å². The van der Waals surface area contributed by atoms with E-state index in [9.17, 15) is 19.7 Å². The number of hydrogen-bond donors (Lipinski definition) is 1. The summed E-state index contributed by atoms with van der Waals surface area (Å²) in [4.78, 5) is 43.3. The second-order valence-electron chi connectivity index (χ2n) is 7.24. The summed E-state index contributed by atoms with van der Waals surface area (Å²) in [7, 11) is 0. The first-order valence-corrected chi connectivity index (χ1v) is 10.5. The molecule has 8 nitrogen and oxygen atoms in total. The average Bonchev–Trinajstić information content (AvgIpc) is 3.03. The van der Waals surface area contributed by atoms with Crippen LogP contribution >= 0.6 is 11.3 Å². The van der Waals surface area contributed by atoms with Crippen LogP contribution in [0.15, 0.2) is 24.3 Å². The van der Waals surface area contributed by atoms with Gasteiger partial charge in [0.05, 0.1) is 10.6 Å². The van der Waals surface area contributed by atoms with Gasteiger partial charge in [-0.3, -0.25) is 19.7 Å². The lowest BCUT2D eigenvalue weighted by molar-refractivity contribution is -0.384. The van der Waals surface area contributed by atoms with Crippen LogP contribution in [0.3, 0.4) is 0 Å². The van der Waals surface area contributed by atoms with Crippen molar-refractivity contribution >= 4 is 34.0 Å². The van der Waals surface area contributed by atoms with Crippen molar-refractivity contribution in [1.82, 2.24) is 9.88 Å². The molecule has 0 aliphatic heterocycles. The Balaban J connectivity index is 1.80. The Morgan fingerprint density at radius 3 is 2.62 bits per heavy atom. The molecule has 0 bridgehead atoms. The highest BCUT2D eigenvalue weighted by molar-refractivity contribution is 7.15. The van der Waals surface area contributed by atoms with Crippen LogP contribution in [-0.2, 0) is 4.79 Å². The number of hydrogen-bond acceptors (Lipinski definition) is 6. The Morgan fingerprint density at radius 2 is 2.00 bits per heavy atom. The molecule has 0 spiro atoms. The van der Waals surface area contributed by atoms with Gasteiger partial charge in [-0.05, 0) is 32.8 Å². The molecule has 1 fully saturated rings. The monoisotopic (exact) mass is 416 g/mol. The smallest absolute Gasteiger partial charge is 0.270 e. The lowest BCUT2D eigenvalue weighted by Crippen LogP contribution is -2.45. The summed E-state index contributed by atoms with van der Waals surface area (Å²) < 4.78 is 0. The molecule has 1 aliphatic carbocycles. The third kappa shape index (κ3) is 5.17. The Morgan fingerprint density at radius 1 is 1.28 bits per heavy atom. The predicted octanol–water partition coefficient (Wildman–Crippen LogP) is 4.08. The van der Waals surface area contributed by atoms with Gasteiger partial charge >= 0.3 is 0 Å². The molecular weight excluding hydrogens is 392 g/mol. The number of non-ortho nitro benzene ring substituents is 1. The predicted molar refractivity (Wildman–Crippen MR) is 111 cm³/mol. The Bertz CT molecular complexity index is 901. The van der Waals surface area contributed by atoms with Crippen LogP contribution < -0.4 is 5.32 Å². The van der Waals surface area contributed by atoms with Gasteiger partial charge in [-0.25, -0.2) is 4.98 Å². The van der Waals surface area contributed by atoms with Gasteiger partial charge in [-0.2, -0.15) is 0 Å². The van der Waals surface area contributed by atoms with Crippen LogP contribution in [0.25, 0.3) is 0 Å². The van der Waals surface area contributed by atoms with Crippen LogP contribution in [0.5, 0.6) is 0 Å². The maximum absolute atomic E-state index is 13.2. The van der Waals surface area contributed by atoms with Crippen LogP contribution in [0, 0.1) is 24.0 Å². The number of rotatable bonds is 6. The summed E-state index contributed by atoms with van der Waals surface area (Å²) in [5, 5.41) is 14.4. The van der Waals surface area contributed by atoms with E-state index in [2.05, 4.69) is 10.3 Å². The number of nitro groups is 1. The molecule has 3 rings (SSSR count). The molecule has 0 saturated heterocycles. The molecule has 2 amide bonds. The fourth-order valence-corrected chi connectivity index (χ4v) is 4.35. The SMILES string of the molecule is Cc1nc(NC(=O)CN(C(=O)c2cccc([N+](=O)[O-])c2)C2CCCCC2)sc1C. The van der Waals surface area contributed by atoms with E-state index < -0.39 is 4.92 Å². The summed E-state index contributed by atoms with van der Waals surface area (Å²) in [5.74, 6) is -0.676. The number of amides is 2. The summed E-state index contributed by atoms with van der Waals surface area (Å²) in [5.41, 5.74) is 0.943. The lowest BCUT2D eigenvalue weighted by Gasteiger charge is -2.34. The quantitative estimate of drug-likeness (QED) is 0.564. The largest absolute Gasteiger partial charge is 0.326 e. The Hall–Kier alpha value is -2.81. The van der Waals surface area contributed by atoms with Gasteiger partial charge in [-0.15, -0.1) is 11.3 Å². The molecule has 0 atom stereocenters. The molecule has 0 unspecified atom stereocenters. The Labute approximate surface area is 173 Å². The van der Waals surface area contributed by atoms with Gasteiger partial charge in [0.2, 0.25) is 5.91 Å². The number of anilines is 1. The van der Waals surface area contributed by atoms with E-state index in [4.69, 9.17) is 0 Å². The highest BCUT2D eigenvalue weighted by Crippen LogP contribution is 2.26. The van der Waals surface area contributed by atoms with Gasteiger partial charge in [0.1, 0.15) is 6.54 Å². The van der Waals surface area contributed by atoms with Crippen molar-refractivity contribution in [3.8, 4) is 0 Å². The van der Waals surface area contributed by atoms with E-state index >= 15 is 0 Å². The van der Waals surface area contributed by atoms with E-state index in [0.29, 0.717) is 5.13 Å². The number of thiazole rings is 1. The van der Waals surface area contributed by atoms with Crippen molar-refractivity contribution in [1.29, 1.82) is 0 Å². The molecule has 1 aliphatic rings. The Kier molecular flexibility index (Phi) is 6.58. The highest BCUT2D eigenvalue weighted by Gasteiger charge is 2.29. The number of aromatic nitrogens is 1. The van der Waals surface area contributed by atoms with Crippen LogP contribution in [0.4, 0.5) is 10.8 Å². The van der Waals surface area contributed by atoms with Crippen LogP contribution in [0.1, 0.15) is 53.0 Å². The fourth-order valence-electron chi connectivity index (χ4n) is 3.52. The highest BCUT2D eigenvalue weighted by atomic mass is 32.1. The molecule has 1 N–H and O–H groups in total. The van der Waals surface area contributed by atoms with E-state index in [1.54, 1.807) is 11.0 Å². The van der Waals surface area contributed by atoms with E-state index in [-0.39, 0.29) is 35.7 Å². The molecular formula is C20H24N4O4S. The van der Waals surface area contributed by atoms with Crippen molar-refractivity contribution < 1.29 is 14.5 Å². The molecule has 1 aromatic heterocycles. The second kappa shape index (κ2) is 9.13. The van der Waals surface area contributed by atoms with Crippen molar-refractivity contribution in [2.45, 2.75) is 52.0 Å². The standard InChI is InChI=1S/C20H24N4O4S/c1-13-14(2)29-20(21-13)22-18(25)12-23(16-8-4-3-5-9-16)19(26)15-7-6-10-17(11-15)24(27)28/h6-7,10-11,16H,3-5,8-9,12H2,1-2H3,(H,21,22,25). The topological polar surface area (TPSA) is 105 Å². The molecule has 1 saturated carbocycles. The first kappa shape index (κ1) is 20.9. The number of aryl methyl sites for hydroxylation is 2. The number of benzene rings is 1. The molecule has 154 valence electrons. The van der Waals surface area contributed by atoms with E-state index in [0.717, 1.165) is 42.7 Å². The maximum Gasteiger partial charge on any atom is 0.270 e. The molecule has 29 heavy (non-hydrogen) atoms. The van der Waals surface area contributed by atoms with Gasteiger partial charge in [-0.1, -0.05) is 25.3 Å². The molecule has 2 aromatic rings. The average molecular weight is 417 g/mol. The second-order valence-corrected chi connectivity index (χ2v) is 8.44. The first-order valence-electron chi connectivity index (χ1n) is 9.64.